The number of benzene rings is 1. The van der Waals surface area contributed by atoms with Crippen molar-refractivity contribution in [2.45, 2.75) is 46.6 Å². The van der Waals surface area contributed by atoms with E-state index in [0.29, 0.717) is 11.1 Å². The second kappa shape index (κ2) is 6.73. The Labute approximate surface area is 128 Å². The van der Waals surface area contributed by atoms with E-state index in [1.807, 2.05) is 45.0 Å². The van der Waals surface area contributed by atoms with Crippen LogP contribution < -0.4 is 0 Å². The monoisotopic (exact) mass is 295 g/mol. The molecular weight excluding hydrogens is 270 g/mol. The highest BCUT2D eigenvalue weighted by molar-refractivity contribution is 6.30. The molecule has 0 N–H and O–H groups in total. The van der Waals surface area contributed by atoms with Gasteiger partial charge in [0.2, 0.25) is 0 Å². The molecule has 0 aliphatic rings. The Balaban J connectivity index is 3.07. The number of Topliss-reactive ketones (excluding diaryl/α,β-unsaturated/α-hetero) is 1. The molecule has 0 unspecified atom stereocenters. The SMILES string of the molecule is CC(C)N(C)C[C@@H](C(=O)C(C)(C)C)c1ccc(Cl)cc1. The molecule has 1 atom stereocenters. The molecule has 0 amide bonds. The van der Waals surface area contributed by atoms with E-state index in [1.165, 1.54) is 0 Å². The maximum atomic E-state index is 12.7. The summed E-state index contributed by atoms with van der Waals surface area (Å²) in [6.45, 7) is 10.9. The van der Waals surface area contributed by atoms with Gasteiger partial charge in [-0.1, -0.05) is 44.5 Å². The molecule has 0 saturated heterocycles. The Bertz CT molecular complexity index is 445. The number of hydrogen-bond donors (Lipinski definition) is 0. The lowest BCUT2D eigenvalue weighted by Gasteiger charge is -2.30. The van der Waals surface area contributed by atoms with Gasteiger partial charge in [0.05, 0.1) is 5.92 Å². The summed E-state index contributed by atoms with van der Waals surface area (Å²) in [6.07, 6.45) is 0. The van der Waals surface area contributed by atoms with E-state index in [-0.39, 0.29) is 17.1 Å². The van der Waals surface area contributed by atoms with Crippen LogP contribution >= 0.6 is 11.6 Å². The molecule has 20 heavy (non-hydrogen) atoms. The summed E-state index contributed by atoms with van der Waals surface area (Å²) < 4.78 is 0. The normalized spacial score (nSPS) is 13.8. The van der Waals surface area contributed by atoms with Crippen LogP contribution in [0.4, 0.5) is 0 Å². The van der Waals surface area contributed by atoms with Gasteiger partial charge >= 0.3 is 0 Å². The minimum Gasteiger partial charge on any atom is -0.303 e. The zero-order valence-electron chi connectivity index (χ0n) is 13.4. The van der Waals surface area contributed by atoms with Crippen molar-refractivity contribution in [1.29, 1.82) is 0 Å². The van der Waals surface area contributed by atoms with E-state index >= 15 is 0 Å². The van der Waals surface area contributed by atoms with Crippen molar-refractivity contribution < 1.29 is 4.79 Å². The number of halogens is 1. The Morgan fingerprint density at radius 1 is 1.20 bits per heavy atom. The molecule has 0 fully saturated rings. The van der Waals surface area contributed by atoms with Gasteiger partial charge in [0.1, 0.15) is 5.78 Å². The Hall–Kier alpha value is -0.860. The van der Waals surface area contributed by atoms with Gasteiger partial charge in [-0.2, -0.15) is 0 Å². The molecule has 0 saturated carbocycles. The molecule has 0 bridgehead atoms. The average Bonchev–Trinajstić information content (AvgIpc) is 2.34. The minimum atomic E-state index is -0.345. The largest absolute Gasteiger partial charge is 0.303 e. The van der Waals surface area contributed by atoms with Gasteiger partial charge in [-0.3, -0.25) is 4.79 Å². The number of ketones is 1. The second-order valence-corrected chi connectivity index (χ2v) is 7.19. The number of carbonyl (C=O) groups excluding carboxylic acids is 1. The third-order valence-corrected chi connectivity index (χ3v) is 3.93. The zero-order valence-corrected chi connectivity index (χ0v) is 14.2. The van der Waals surface area contributed by atoms with Gasteiger partial charge < -0.3 is 4.90 Å². The van der Waals surface area contributed by atoms with Crippen molar-refractivity contribution in [2.24, 2.45) is 5.41 Å². The predicted octanol–water partition coefficient (Wildman–Crippen LogP) is 4.38. The van der Waals surface area contributed by atoms with Gasteiger partial charge in [0.15, 0.2) is 0 Å². The highest BCUT2D eigenvalue weighted by Gasteiger charge is 2.31. The van der Waals surface area contributed by atoms with Crippen LogP contribution in [0.25, 0.3) is 0 Å². The number of rotatable bonds is 5. The van der Waals surface area contributed by atoms with Crippen molar-refractivity contribution in [3.63, 3.8) is 0 Å². The van der Waals surface area contributed by atoms with Crippen molar-refractivity contribution in [1.82, 2.24) is 4.90 Å². The summed E-state index contributed by atoms with van der Waals surface area (Å²) >= 11 is 5.95. The van der Waals surface area contributed by atoms with Crippen LogP contribution in [0.15, 0.2) is 24.3 Å². The molecule has 1 aromatic carbocycles. The van der Waals surface area contributed by atoms with E-state index < -0.39 is 0 Å². The minimum absolute atomic E-state index is 0.111. The standard InChI is InChI=1S/C17H26ClNO/c1-12(2)19(6)11-15(16(20)17(3,4)5)13-7-9-14(18)10-8-13/h7-10,12,15H,11H2,1-6H3/t15-/m1/s1. The smallest absolute Gasteiger partial charge is 0.146 e. The van der Waals surface area contributed by atoms with Crippen molar-refractivity contribution in [3.05, 3.63) is 34.9 Å². The molecule has 2 nitrogen and oxygen atoms in total. The first-order valence-electron chi connectivity index (χ1n) is 7.13. The quantitative estimate of drug-likeness (QED) is 0.803. The maximum Gasteiger partial charge on any atom is 0.146 e. The van der Waals surface area contributed by atoms with Gasteiger partial charge in [0, 0.05) is 23.0 Å². The Morgan fingerprint density at radius 3 is 2.10 bits per heavy atom. The van der Waals surface area contributed by atoms with Crippen molar-refractivity contribution in [3.8, 4) is 0 Å². The van der Waals surface area contributed by atoms with Gasteiger partial charge in [-0.05, 0) is 38.6 Å². The topological polar surface area (TPSA) is 20.3 Å². The van der Waals surface area contributed by atoms with Crippen LogP contribution in [0.1, 0.15) is 46.1 Å². The lowest BCUT2D eigenvalue weighted by molar-refractivity contribution is -0.128. The van der Waals surface area contributed by atoms with E-state index in [1.54, 1.807) is 0 Å². The van der Waals surface area contributed by atoms with Crippen LogP contribution in [0.5, 0.6) is 0 Å². The predicted molar refractivity (Wildman–Crippen MR) is 86.4 cm³/mol. The van der Waals surface area contributed by atoms with E-state index in [4.69, 9.17) is 11.6 Å². The molecule has 0 aliphatic heterocycles. The summed E-state index contributed by atoms with van der Waals surface area (Å²) in [5.41, 5.74) is 0.698. The highest BCUT2D eigenvalue weighted by Crippen LogP contribution is 2.29. The molecule has 0 heterocycles. The van der Waals surface area contributed by atoms with Crippen LogP contribution in [0.3, 0.4) is 0 Å². The van der Waals surface area contributed by atoms with E-state index in [2.05, 4.69) is 25.8 Å². The molecule has 1 aromatic rings. The summed E-state index contributed by atoms with van der Waals surface area (Å²) in [5.74, 6) is 0.159. The molecular formula is C17H26ClNO. The summed E-state index contributed by atoms with van der Waals surface area (Å²) in [7, 11) is 2.06. The number of hydrogen-bond acceptors (Lipinski definition) is 2. The molecule has 112 valence electrons. The fraction of sp³-hybridized carbons (Fsp3) is 0.588. The third kappa shape index (κ3) is 4.60. The number of likely N-dealkylation sites (N-methyl/N-ethyl adjacent to an activating group) is 1. The maximum absolute atomic E-state index is 12.7. The fourth-order valence-electron chi connectivity index (χ4n) is 2.06. The van der Waals surface area contributed by atoms with Gasteiger partial charge in [-0.15, -0.1) is 0 Å². The second-order valence-electron chi connectivity index (χ2n) is 6.75. The summed E-state index contributed by atoms with van der Waals surface area (Å²) in [5, 5.41) is 0.702. The molecule has 0 spiro atoms. The number of nitrogens with zero attached hydrogens (tertiary/aromatic N) is 1. The average molecular weight is 296 g/mol. The lowest BCUT2D eigenvalue weighted by Crippen LogP contribution is -2.37. The molecule has 0 radical (unpaired) electrons. The molecule has 1 rings (SSSR count). The first kappa shape index (κ1) is 17.2. The molecule has 0 aliphatic carbocycles. The first-order chi connectivity index (χ1) is 9.12. The van der Waals surface area contributed by atoms with Crippen LogP contribution in [-0.4, -0.2) is 30.3 Å². The Kier molecular flexibility index (Phi) is 5.79. The summed E-state index contributed by atoms with van der Waals surface area (Å²) in [4.78, 5) is 15.0. The van der Waals surface area contributed by atoms with Crippen molar-refractivity contribution in [2.75, 3.05) is 13.6 Å². The Morgan fingerprint density at radius 2 is 1.70 bits per heavy atom. The van der Waals surface area contributed by atoms with Gasteiger partial charge in [-0.25, -0.2) is 0 Å². The number of carbonyl (C=O) groups is 1. The molecule has 0 aromatic heterocycles. The van der Waals surface area contributed by atoms with E-state index in [9.17, 15) is 4.79 Å². The van der Waals surface area contributed by atoms with Crippen LogP contribution in [0, 0.1) is 5.41 Å². The molecule has 3 heteroatoms. The van der Waals surface area contributed by atoms with Gasteiger partial charge in [0.25, 0.3) is 0 Å². The van der Waals surface area contributed by atoms with E-state index in [0.717, 1.165) is 12.1 Å². The van der Waals surface area contributed by atoms with Crippen molar-refractivity contribution >= 4 is 17.4 Å². The first-order valence-corrected chi connectivity index (χ1v) is 7.50. The highest BCUT2D eigenvalue weighted by atomic mass is 35.5. The lowest BCUT2D eigenvalue weighted by atomic mass is 9.79. The fourth-order valence-corrected chi connectivity index (χ4v) is 2.18. The zero-order chi connectivity index (χ0) is 15.5. The third-order valence-electron chi connectivity index (χ3n) is 3.68. The van der Waals surface area contributed by atoms with Crippen LogP contribution in [-0.2, 0) is 4.79 Å². The summed E-state index contributed by atoms with van der Waals surface area (Å²) in [6, 6.07) is 8.05. The van der Waals surface area contributed by atoms with Crippen LogP contribution in [0.2, 0.25) is 5.02 Å².